The predicted octanol–water partition coefficient (Wildman–Crippen LogP) is 3.83. The molecule has 1 N–H and O–H groups in total. The maximum atomic E-state index is 14.7. The van der Waals surface area contributed by atoms with Gasteiger partial charge >= 0.3 is 18.9 Å². The summed E-state index contributed by atoms with van der Waals surface area (Å²) in [6, 6.07) is 18.4. The summed E-state index contributed by atoms with van der Waals surface area (Å²) in [6.45, 7) is 1.47. The molecule has 0 aliphatic heterocycles. The van der Waals surface area contributed by atoms with Crippen molar-refractivity contribution in [1.82, 2.24) is 39.2 Å². The van der Waals surface area contributed by atoms with Crippen LogP contribution in [0.3, 0.4) is 0 Å². The van der Waals surface area contributed by atoms with Crippen molar-refractivity contribution in [3.05, 3.63) is 120 Å². The van der Waals surface area contributed by atoms with E-state index in [-0.39, 0.29) is 65.0 Å². The Hall–Kier alpha value is -5.89. The molecule has 0 amide bonds. The van der Waals surface area contributed by atoms with Gasteiger partial charge in [0.1, 0.15) is 53.3 Å². The number of anilines is 4. The summed E-state index contributed by atoms with van der Waals surface area (Å²) in [5.74, 6) is 0.0305. The number of aromatic nitrogens is 8. The molecule has 4 aromatic heterocycles. The van der Waals surface area contributed by atoms with Gasteiger partial charge in [-0.15, -0.1) is 20.4 Å². The summed E-state index contributed by atoms with van der Waals surface area (Å²) in [6.07, 6.45) is 4.47. The quantitative estimate of drug-likeness (QED) is 0.162. The molecule has 18 heteroatoms. The largest absolute Gasteiger partial charge is 1.00 e. The van der Waals surface area contributed by atoms with E-state index in [1.807, 2.05) is 0 Å². The Morgan fingerprint density at radius 2 is 1.18 bits per heavy atom. The number of ketones is 1. The number of fused-ring (bicyclic) bond motifs is 6. The molecule has 0 fully saturated rings. The summed E-state index contributed by atoms with van der Waals surface area (Å²) in [5, 5.41) is 25.9. The van der Waals surface area contributed by atoms with Crippen LogP contribution in [0, 0.1) is 23.3 Å². The van der Waals surface area contributed by atoms with Gasteiger partial charge in [0.15, 0.2) is 0 Å². The zero-order chi connectivity index (χ0) is 38.8. The number of hydrogen-bond donors (Lipinski definition) is 1. The molecule has 57 heavy (non-hydrogen) atoms. The van der Waals surface area contributed by atoms with E-state index in [2.05, 4.69) is 30.4 Å². The van der Waals surface area contributed by atoms with E-state index in [1.54, 1.807) is 69.1 Å². The molecule has 0 aliphatic carbocycles. The Balaban J connectivity index is 0.000000244. The van der Waals surface area contributed by atoms with Crippen molar-refractivity contribution in [3.63, 3.8) is 0 Å². The van der Waals surface area contributed by atoms with E-state index in [0.717, 1.165) is 0 Å². The predicted molar refractivity (Wildman–Crippen MR) is 207 cm³/mol. The van der Waals surface area contributed by atoms with Crippen LogP contribution in [-0.2, 0) is 17.6 Å². The summed E-state index contributed by atoms with van der Waals surface area (Å²) in [5.41, 5.74) is 3.43. The first-order chi connectivity index (χ1) is 26.5. The SMILES string of the molecule is CC(=O)CCc1cc2c(cc1F)c(N(C)c1cccc(F)c1)nc1nncn12.CN(c1cccc(F)c1)c1nc2nncn2c2cc(CCCO)c(F)cc12.[B].[H-].[Li+]. The van der Waals surface area contributed by atoms with E-state index < -0.39 is 5.82 Å². The number of aliphatic hydroxyl groups is 1. The van der Waals surface area contributed by atoms with Crippen LogP contribution < -0.4 is 28.7 Å². The third kappa shape index (κ3) is 8.75. The Labute approximate surface area is 339 Å². The number of carbonyl (C=O) groups is 1. The van der Waals surface area contributed by atoms with Crippen LogP contribution in [0.2, 0.25) is 0 Å². The van der Waals surface area contributed by atoms with Gasteiger partial charge in [-0.25, -0.2) is 17.6 Å². The van der Waals surface area contributed by atoms with Gasteiger partial charge in [-0.05, 0) is 98.0 Å². The summed E-state index contributed by atoms with van der Waals surface area (Å²) < 4.78 is 60.0. The third-order valence-electron chi connectivity index (χ3n) is 9.18. The van der Waals surface area contributed by atoms with Gasteiger partial charge in [0, 0.05) is 57.7 Å². The average Bonchev–Trinajstić information content (AvgIpc) is 3.86. The summed E-state index contributed by atoms with van der Waals surface area (Å²) in [4.78, 5) is 23.6. The first-order valence-corrected chi connectivity index (χ1v) is 17.2. The van der Waals surface area contributed by atoms with Gasteiger partial charge in [0.25, 0.3) is 11.6 Å². The molecular weight excluding hydrogens is 734 g/mol. The van der Waals surface area contributed by atoms with Gasteiger partial charge < -0.3 is 21.1 Å². The number of hydrogen-bond acceptors (Lipinski definition) is 10. The normalized spacial score (nSPS) is 10.9. The number of aryl methyl sites for hydroxylation is 2. The molecular formula is C39H35BF4LiN10O2. The zero-order valence-corrected chi connectivity index (χ0v) is 31.5. The maximum absolute atomic E-state index is 14.7. The molecule has 0 bridgehead atoms. The minimum Gasteiger partial charge on any atom is -1.00 e. The molecule has 8 aromatic rings. The van der Waals surface area contributed by atoms with E-state index >= 15 is 0 Å². The number of aliphatic hydroxyl groups excluding tert-OH is 1. The molecule has 0 spiro atoms. The molecule has 4 heterocycles. The van der Waals surface area contributed by atoms with Gasteiger partial charge in [-0.3, -0.25) is 8.80 Å². The van der Waals surface area contributed by atoms with Crippen molar-refractivity contribution in [1.29, 1.82) is 0 Å². The van der Waals surface area contributed by atoms with Crippen LogP contribution >= 0.6 is 0 Å². The van der Waals surface area contributed by atoms with E-state index in [9.17, 15) is 22.4 Å². The van der Waals surface area contributed by atoms with Gasteiger partial charge in [0.2, 0.25) is 0 Å². The number of benzene rings is 4. The summed E-state index contributed by atoms with van der Waals surface area (Å²) >= 11 is 0. The molecule has 0 saturated carbocycles. The number of Topliss-reactive ketones (excluding diaryl/α,β-unsaturated/α-hetero) is 1. The Kier molecular flexibility index (Phi) is 13.3. The fraction of sp³-hybridized carbons (Fsp3) is 0.205. The van der Waals surface area contributed by atoms with Gasteiger partial charge in [-0.1, -0.05) is 12.1 Å². The molecule has 4 aromatic carbocycles. The van der Waals surface area contributed by atoms with Crippen LogP contribution in [-0.4, -0.2) is 79.2 Å². The Morgan fingerprint density at radius 1 is 0.719 bits per heavy atom. The second-order valence-electron chi connectivity index (χ2n) is 12.9. The molecule has 0 unspecified atom stereocenters. The second kappa shape index (κ2) is 17.9. The zero-order valence-electron chi connectivity index (χ0n) is 32.5. The van der Waals surface area contributed by atoms with Crippen LogP contribution in [0.5, 0.6) is 0 Å². The van der Waals surface area contributed by atoms with E-state index in [0.29, 0.717) is 86.8 Å². The Bertz CT molecular complexity index is 2720. The molecule has 0 aliphatic rings. The first kappa shape index (κ1) is 42.3. The first-order valence-electron chi connectivity index (χ1n) is 17.2. The number of carbonyl (C=O) groups excluding carboxylic acids is 1. The standard InChI is InChI=1S/C20H17F2N5O.C19H17F2N5O.B.Li.H/c1-12(28)6-7-13-8-18-16(10-17(13)22)19(24-20-25-23-11-27(18)20)26(2)15-5-3-4-14(21)9-15;1-25(14-6-2-5-13(20)9-14)18-15-10-16(21)12(4-3-7-27)8-17(15)26-11-22-24-19(26)23-18;;;/h3-5,8-11H,6-7H2,1-2H3;2,5-6,8-11,27H,3-4,7H2,1H3;;;/q;;;+1;-1. The summed E-state index contributed by atoms with van der Waals surface area (Å²) in [7, 11) is 3.46. The van der Waals surface area contributed by atoms with E-state index in [4.69, 9.17) is 5.11 Å². The van der Waals surface area contributed by atoms with Crippen molar-refractivity contribution < 1.29 is 47.7 Å². The van der Waals surface area contributed by atoms with Gasteiger partial charge in [0.05, 0.1) is 11.0 Å². The van der Waals surface area contributed by atoms with Crippen LogP contribution in [0.4, 0.5) is 40.6 Å². The van der Waals surface area contributed by atoms with Crippen molar-refractivity contribution in [2.45, 2.75) is 32.6 Å². The average molecular weight is 770 g/mol. The minimum absolute atomic E-state index is 0. The van der Waals surface area contributed by atoms with Crippen LogP contribution in [0.15, 0.2) is 85.5 Å². The van der Waals surface area contributed by atoms with Gasteiger partial charge in [-0.2, -0.15) is 9.97 Å². The fourth-order valence-electron chi connectivity index (χ4n) is 6.32. The number of rotatable bonds is 10. The number of nitrogens with zero attached hydrogens (tertiary/aromatic N) is 10. The van der Waals surface area contributed by atoms with E-state index in [1.165, 1.54) is 56.0 Å². The second-order valence-corrected chi connectivity index (χ2v) is 12.9. The van der Waals surface area contributed by atoms with Crippen molar-refractivity contribution in [2.75, 3.05) is 30.5 Å². The van der Waals surface area contributed by atoms with Crippen molar-refractivity contribution in [3.8, 4) is 0 Å². The molecule has 12 nitrogen and oxygen atoms in total. The monoisotopic (exact) mass is 769 g/mol. The fourth-order valence-corrected chi connectivity index (χ4v) is 6.32. The molecule has 0 saturated heterocycles. The van der Waals surface area contributed by atoms with Crippen molar-refractivity contribution in [2.24, 2.45) is 0 Å². The maximum Gasteiger partial charge on any atom is 1.00 e. The number of halogens is 4. The topological polar surface area (TPSA) is 130 Å². The van der Waals surface area contributed by atoms with Crippen LogP contribution in [0.1, 0.15) is 32.3 Å². The smallest absolute Gasteiger partial charge is 1.00 e. The molecule has 0 atom stereocenters. The Morgan fingerprint density at radius 3 is 1.60 bits per heavy atom. The molecule has 3 radical (unpaired) electrons. The van der Waals surface area contributed by atoms with Crippen molar-refractivity contribution >= 4 is 70.6 Å². The van der Waals surface area contributed by atoms with Crippen LogP contribution in [0.25, 0.3) is 33.4 Å². The third-order valence-corrected chi connectivity index (χ3v) is 9.18. The molecule has 285 valence electrons. The minimum atomic E-state index is -0.420. The molecule has 8 rings (SSSR count).